The molecule has 0 atom stereocenters. The molecule has 1 amide bonds. The molecule has 1 rings (SSSR count). The van der Waals surface area contributed by atoms with Crippen molar-refractivity contribution in [2.45, 2.75) is 13.3 Å². The molecule has 0 unspecified atom stereocenters. The zero-order valence-electron chi connectivity index (χ0n) is 11.1. The summed E-state index contributed by atoms with van der Waals surface area (Å²) in [5.74, 6) is -0.690. The van der Waals surface area contributed by atoms with Crippen molar-refractivity contribution in [2.75, 3.05) is 25.5 Å². The fourth-order valence-corrected chi connectivity index (χ4v) is 1.66. The number of hydrogen-bond acceptors (Lipinski definition) is 4. The summed E-state index contributed by atoms with van der Waals surface area (Å²) in [6.07, 6.45) is -2.66. The van der Waals surface area contributed by atoms with E-state index in [1.165, 1.54) is 19.2 Å². The minimum absolute atomic E-state index is 0.00389. The van der Waals surface area contributed by atoms with Gasteiger partial charge in [-0.2, -0.15) is 0 Å². The maximum absolute atomic E-state index is 12.3. The lowest BCUT2D eigenvalue weighted by Crippen LogP contribution is -2.31. The van der Waals surface area contributed by atoms with Crippen LogP contribution in [0, 0.1) is 10.1 Å². The Morgan fingerprint density at radius 1 is 1.50 bits per heavy atom. The van der Waals surface area contributed by atoms with Gasteiger partial charge in [-0.1, -0.05) is 0 Å². The van der Waals surface area contributed by atoms with Gasteiger partial charge in [-0.15, -0.1) is 0 Å². The lowest BCUT2D eigenvalue weighted by Gasteiger charge is -2.18. The maximum Gasteiger partial charge on any atom is 0.270 e. The van der Waals surface area contributed by atoms with Crippen molar-refractivity contribution >= 4 is 17.3 Å². The van der Waals surface area contributed by atoms with Gasteiger partial charge in [-0.3, -0.25) is 14.9 Å². The monoisotopic (exact) mass is 287 g/mol. The Labute approximate surface area is 114 Å². The van der Waals surface area contributed by atoms with Crippen LogP contribution in [-0.4, -0.2) is 42.3 Å². The molecule has 0 spiro atoms. The third kappa shape index (κ3) is 3.87. The molecule has 20 heavy (non-hydrogen) atoms. The van der Waals surface area contributed by atoms with Crippen LogP contribution in [0.2, 0.25) is 0 Å². The van der Waals surface area contributed by atoms with Crippen LogP contribution in [-0.2, 0) is 0 Å². The largest absolute Gasteiger partial charge is 0.385 e. The Bertz CT molecular complexity index is 509. The third-order valence-electron chi connectivity index (χ3n) is 2.57. The second-order valence-corrected chi connectivity index (χ2v) is 4.09. The number of benzene rings is 1. The van der Waals surface area contributed by atoms with Crippen LogP contribution in [0.1, 0.15) is 17.3 Å². The summed E-state index contributed by atoms with van der Waals surface area (Å²) in [5.41, 5.74) is 0.119. The quantitative estimate of drug-likeness (QED) is 0.643. The molecule has 8 heteroatoms. The number of alkyl halides is 2. The van der Waals surface area contributed by atoms with Gasteiger partial charge in [0.25, 0.3) is 18.0 Å². The van der Waals surface area contributed by atoms with Crippen molar-refractivity contribution in [3.8, 4) is 0 Å². The van der Waals surface area contributed by atoms with Gasteiger partial charge in [0.2, 0.25) is 0 Å². The number of nitro groups is 1. The minimum atomic E-state index is -2.66. The van der Waals surface area contributed by atoms with Gasteiger partial charge in [0.1, 0.15) is 0 Å². The molecule has 0 aliphatic rings. The number of anilines is 1. The molecule has 0 aliphatic heterocycles. The van der Waals surface area contributed by atoms with E-state index in [0.29, 0.717) is 12.2 Å². The van der Waals surface area contributed by atoms with Crippen molar-refractivity contribution < 1.29 is 18.5 Å². The SMILES string of the molecule is CCNc1ccc([N+](=O)[O-])cc1C(=O)N(C)CC(F)F. The van der Waals surface area contributed by atoms with Crippen LogP contribution < -0.4 is 5.32 Å². The zero-order valence-corrected chi connectivity index (χ0v) is 11.1. The Morgan fingerprint density at radius 2 is 2.15 bits per heavy atom. The smallest absolute Gasteiger partial charge is 0.270 e. The number of carbonyl (C=O) groups is 1. The number of rotatable bonds is 6. The number of halogens is 2. The molecule has 0 radical (unpaired) electrons. The molecular weight excluding hydrogens is 272 g/mol. The Balaban J connectivity index is 3.14. The van der Waals surface area contributed by atoms with Crippen LogP contribution in [0.4, 0.5) is 20.2 Å². The number of non-ortho nitro benzene ring substituents is 1. The number of hydrogen-bond donors (Lipinski definition) is 1. The van der Waals surface area contributed by atoms with Gasteiger partial charge < -0.3 is 10.2 Å². The Morgan fingerprint density at radius 3 is 2.65 bits per heavy atom. The lowest BCUT2D eigenvalue weighted by molar-refractivity contribution is -0.384. The highest BCUT2D eigenvalue weighted by Crippen LogP contribution is 2.23. The number of nitro benzene ring substituents is 1. The fourth-order valence-electron chi connectivity index (χ4n) is 1.66. The topological polar surface area (TPSA) is 75.5 Å². The Hall–Kier alpha value is -2.25. The van der Waals surface area contributed by atoms with Crippen LogP contribution in [0.5, 0.6) is 0 Å². The van der Waals surface area contributed by atoms with Gasteiger partial charge >= 0.3 is 0 Å². The fraction of sp³-hybridized carbons (Fsp3) is 0.417. The highest BCUT2D eigenvalue weighted by Gasteiger charge is 2.21. The first-order valence-corrected chi connectivity index (χ1v) is 5.92. The second-order valence-electron chi connectivity index (χ2n) is 4.09. The predicted octanol–water partition coefficient (Wildman–Crippen LogP) is 2.36. The van der Waals surface area contributed by atoms with Crippen LogP contribution in [0.25, 0.3) is 0 Å². The van der Waals surface area contributed by atoms with Crippen molar-refractivity contribution in [1.29, 1.82) is 0 Å². The second kappa shape index (κ2) is 6.78. The molecule has 1 aromatic carbocycles. The molecule has 0 saturated carbocycles. The number of nitrogens with one attached hydrogen (secondary N) is 1. The highest BCUT2D eigenvalue weighted by atomic mass is 19.3. The molecule has 0 heterocycles. The van der Waals surface area contributed by atoms with Crippen LogP contribution in [0.3, 0.4) is 0 Å². The summed E-state index contributed by atoms with van der Waals surface area (Å²) >= 11 is 0. The summed E-state index contributed by atoms with van der Waals surface area (Å²) < 4.78 is 24.6. The molecule has 1 aromatic rings. The number of amides is 1. The van der Waals surface area contributed by atoms with E-state index in [2.05, 4.69) is 5.32 Å². The first-order valence-electron chi connectivity index (χ1n) is 5.92. The van der Waals surface area contributed by atoms with E-state index in [-0.39, 0.29) is 11.3 Å². The van der Waals surface area contributed by atoms with E-state index in [9.17, 15) is 23.7 Å². The van der Waals surface area contributed by atoms with Crippen molar-refractivity contribution in [3.05, 3.63) is 33.9 Å². The van der Waals surface area contributed by atoms with E-state index in [1.54, 1.807) is 6.92 Å². The average molecular weight is 287 g/mol. The molecule has 1 N–H and O–H groups in total. The first kappa shape index (κ1) is 15.8. The standard InChI is InChI=1S/C12H15F2N3O3/c1-3-15-10-5-4-8(17(19)20)6-9(10)12(18)16(2)7-11(13)14/h4-6,11,15H,3,7H2,1-2H3. The molecule has 110 valence electrons. The molecule has 0 aromatic heterocycles. The maximum atomic E-state index is 12.3. The predicted molar refractivity (Wildman–Crippen MR) is 70.2 cm³/mol. The molecule has 6 nitrogen and oxygen atoms in total. The van der Waals surface area contributed by atoms with Crippen LogP contribution >= 0.6 is 0 Å². The Kier molecular flexibility index (Phi) is 5.36. The van der Waals surface area contributed by atoms with E-state index in [4.69, 9.17) is 0 Å². The zero-order chi connectivity index (χ0) is 15.3. The molecular formula is C12H15F2N3O3. The average Bonchev–Trinajstić information content (AvgIpc) is 2.37. The van der Waals surface area contributed by atoms with Gasteiger partial charge in [0.15, 0.2) is 0 Å². The molecule has 0 aliphatic carbocycles. The summed E-state index contributed by atoms with van der Waals surface area (Å²) in [7, 11) is 1.23. The van der Waals surface area contributed by atoms with Crippen molar-refractivity contribution in [1.82, 2.24) is 4.90 Å². The summed E-state index contributed by atoms with van der Waals surface area (Å²) in [5, 5.41) is 13.6. The van der Waals surface area contributed by atoms with Gasteiger partial charge in [-0.05, 0) is 13.0 Å². The van der Waals surface area contributed by atoms with E-state index in [1.807, 2.05) is 0 Å². The molecule has 0 fully saturated rings. The minimum Gasteiger partial charge on any atom is -0.385 e. The molecule has 0 saturated heterocycles. The number of nitrogens with zero attached hydrogens (tertiary/aromatic N) is 2. The van der Waals surface area contributed by atoms with Crippen molar-refractivity contribution in [2.24, 2.45) is 0 Å². The lowest BCUT2D eigenvalue weighted by atomic mass is 10.1. The van der Waals surface area contributed by atoms with Gasteiger partial charge in [0.05, 0.1) is 17.0 Å². The number of carbonyl (C=O) groups excluding carboxylic acids is 1. The van der Waals surface area contributed by atoms with E-state index >= 15 is 0 Å². The molecule has 0 bridgehead atoms. The summed E-state index contributed by atoms with van der Waals surface area (Å²) in [6, 6.07) is 3.73. The van der Waals surface area contributed by atoms with Crippen LogP contribution in [0.15, 0.2) is 18.2 Å². The normalized spacial score (nSPS) is 10.4. The third-order valence-corrected chi connectivity index (χ3v) is 2.57. The van der Waals surface area contributed by atoms with Crippen molar-refractivity contribution in [3.63, 3.8) is 0 Å². The van der Waals surface area contributed by atoms with E-state index < -0.39 is 23.8 Å². The van der Waals surface area contributed by atoms with Gasteiger partial charge in [-0.25, -0.2) is 8.78 Å². The van der Waals surface area contributed by atoms with E-state index in [0.717, 1.165) is 11.0 Å². The van der Waals surface area contributed by atoms with Gasteiger partial charge in [0, 0.05) is 31.4 Å². The summed E-state index contributed by atoms with van der Waals surface area (Å²) in [6.45, 7) is 1.56. The summed E-state index contributed by atoms with van der Waals surface area (Å²) in [4.78, 5) is 23.0. The first-order chi connectivity index (χ1) is 9.36. The highest BCUT2D eigenvalue weighted by molar-refractivity contribution is 6.00.